The largest absolute Gasteiger partial charge is 0.481 e. The Balaban J connectivity index is 0.00000280. The third-order valence-corrected chi connectivity index (χ3v) is 3.71. The van der Waals surface area contributed by atoms with E-state index in [-0.39, 0.29) is 29.7 Å². The molecule has 0 amide bonds. The summed E-state index contributed by atoms with van der Waals surface area (Å²) in [5, 5.41) is 17.3. The second kappa shape index (κ2) is 9.45. The maximum atomic E-state index is 13.7. The summed E-state index contributed by atoms with van der Waals surface area (Å²) >= 11 is 5.66. The maximum Gasteiger partial charge on any atom is 0.304 e. The zero-order chi connectivity index (χ0) is 19.4. The van der Waals surface area contributed by atoms with Gasteiger partial charge in [-0.3, -0.25) is 4.79 Å². The summed E-state index contributed by atoms with van der Waals surface area (Å²) in [5.74, 6) is -1.43. The lowest BCUT2D eigenvalue weighted by Gasteiger charge is -2.07. The van der Waals surface area contributed by atoms with Crippen molar-refractivity contribution in [3.8, 4) is 17.3 Å². The van der Waals surface area contributed by atoms with Crippen molar-refractivity contribution in [3.05, 3.63) is 59.3 Å². The molecule has 0 saturated heterocycles. The van der Waals surface area contributed by atoms with Crippen molar-refractivity contribution in [1.29, 1.82) is 0 Å². The number of nitrogens with two attached hydrogens (primary N) is 1. The SMILES string of the molecule is Cl.N[C@H](CC(=O)O)Cc1cnn(-c2ccc(Oc3ncc(Cl)cc3F)cc2)n1. The van der Waals surface area contributed by atoms with Crippen molar-refractivity contribution in [3.63, 3.8) is 0 Å². The van der Waals surface area contributed by atoms with Crippen LogP contribution in [0.3, 0.4) is 0 Å². The molecule has 0 fully saturated rings. The van der Waals surface area contributed by atoms with Gasteiger partial charge in [0.15, 0.2) is 5.82 Å². The number of hydrogen-bond donors (Lipinski definition) is 2. The van der Waals surface area contributed by atoms with E-state index in [4.69, 9.17) is 27.2 Å². The zero-order valence-electron chi connectivity index (χ0n) is 14.3. The predicted octanol–water partition coefficient (Wildman–Crippen LogP) is 3.01. The van der Waals surface area contributed by atoms with Gasteiger partial charge in [-0.1, -0.05) is 11.6 Å². The molecule has 0 saturated carbocycles. The average molecular weight is 428 g/mol. The van der Waals surface area contributed by atoms with Gasteiger partial charge in [-0.05, 0) is 30.3 Å². The van der Waals surface area contributed by atoms with Gasteiger partial charge in [-0.15, -0.1) is 12.4 Å². The first-order valence-electron chi connectivity index (χ1n) is 7.88. The van der Waals surface area contributed by atoms with E-state index >= 15 is 0 Å². The fraction of sp³-hybridized carbons (Fsp3) is 0.176. The first-order valence-corrected chi connectivity index (χ1v) is 8.26. The van der Waals surface area contributed by atoms with Crippen LogP contribution >= 0.6 is 24.0 Å². The maximum absolute atomic E-state index is 13.7. The summed E-state index contributed by atoms with van der Waals surface area (Å²) in [6.07, 6.45) is 2.97. The Morgan fingerprint density at radius 1 is 1.32 bits per heavy atom. The molecule has 3 rings (SSSR count). The number of aromatic nitrogens is 4. The number of carboxylic acids is 1. The normalized spacial score (nSPS) is 11.5. The van der Waals surface area contributed by atoms with Crippen molar-refractivity contribution in [2.75, 3.05) is 0 Å². The number of halogens is 3. The molecule has 0 spiro atoms. The average Bonchev–Trinajstić information content (AvgIpc) is 3.05. The molecule has 0 unspecified atom stereocenters. The topological polar surface area (TPSA) is 116 Å². The Morgan fingerprint density at radius 2 is 2.04 bits per heavy atom. The summed E-state index contributed by atoms with van der Waals surface area (Å²) in [6.45, 7) is 0. The molecule has 2 aromatic heterocycles. The van der Waals surface area contributed by atoms with Gasteiger partial charge in [0, 0.05) is 18.7 Å². The summed E-state index contributed by atoms with van der Waals surface area (Å²) in [4.78, 5) is 15.8. The van der Waals surface area contributed by atoms with Crippen LogP contribution in [0.25, 0.3) is 5.69 Å². The van der Waals surface area contributed by atoms with Gasteiger partial charge < -0.3 is 15.6 Å². The molecule has 3 aromatic rings. The Labute approximate surface area is 170 Å². The zero-order valence-corrected chi connectivity index (χ0v) is 15.9. The van der Waals surface area contributed by atoms with Crippen LogP contribution in [-0.4, -0.2) is 37.1 Å². The molecule has 148 valence electrons. The van der Waals surface area contributed by atoms with Crippen molar-refractivity contribution in [2.24, 2.45) is 5.73 Å². The molecule has 11 heteroatoms. The summed E-state index contributed by atoms with van der Waals surface area (Å²) in [6, 6.07) is 7.18. The van der Waals surface area contributed by atoms with Gasteiger partial charge >= 0.3 is 5.97 Å². The molecular formula is C17H16Cl2FN5O3. The lowest BCUT2D eigenvalue weighted by Crippen LogP contribution is -2.26. The monoisotopic (exact) mass is 427 g/mol. The van der Waals surface area contributed by atoms with Crippen molar-refractivity contribution >= 4 is 30.0 Å². The Hall–Kier alpha value is -2.75. The molecule has 2 heterocycles. The Kier molecular flexibility index (Phi) is 7.27. The molecule has 1 aromatic carbocycles. The van der Waals surface area contributed by atoms with Crippen LogP contribution in [0, 0.1) is 5.82 Å². The minimum absolute atomic E-state index is 0. The standard InChI is InChI=1S/C17H15ClFN5O3.ClH/c18-10-5-15(19)17(21-8-10)27-14-3-1-13(2-4-14)24-22-9-12(23-24)6-11(20)7-16(25)26;/h1-5,8-9,11H,6-7,20H2,(H,25,26);1H/t11-;/m0./s1. The van der Waals surface area contributed by atoms with Crippen LogP contribution in [0.1, 0.15) is 12.1 Å². The number of ether oxygens (including phenoxy) is 1. The smallest absolute Gasteiger partial charge is 0.304 e. The van der Waals surface area contributed by atoms with E-state index in [1.807, 2.05) is 0 Å². The Morgan fingerprint density at radius 3 is 2.68 bits per heavy atom. The number of pyridine rings is 1. The molecule has 0 aliphatic heterocycles. The number of carboxylic acid groups (broad SMARTS) is 1. The highest BCUT2D eigenvalue weighted by atomic mass is 35.5. The molecule has 3 N–H and O–H groups in total. The first-order chi connectivity index (χ1) is 12.9. The minimum atomic E-state index is -0.961. The second-order valence-electron chi connectivity index (χ2n) is 5.72. The summed E-state index contributed by atoms with van der Waals surface area (Å²) in [5.41, 5.74) is 6.97. The molecule has 1 atom stereocenters. The molecule has 28 heavy (non-hydrogen) atoms. The molecule has 0 aliphatic rings. The molecule has 0 aliphatic carbocycles. The quantitative estimate of drug-likeness (QED) is 0.594. The van der Waals surface area contributed by atoms with E-state index in [1.165, 1.54) is 17.2 Å². The number of rotatable bonds is 7. The van der Waals surface area contributed by atoms with Gasteiger partial charge in [0.05, 0.1) is 29.0 Å². The summed E-state index contributed by atoms with van der Waals surface area (Å²) in [7, 11) is 0. The van der Waals surface area contributed by atoms with Gasteiger partial charge in [-0.25, -0.2) is 9.37 Å². The van der Waals surface area contributed by atoms with E-state index in [2.05, 4.69) is 15.2 Å². The fourth-order valence-corrected chi connectivity index (χ4v) is 2.46. The van der Waals surface area contributed by atoms with Crippen LogP contribution in [-0.2, 0) is 11.2 Å². The number of carbonyl (C=O) groups is 1. The highest BCUT2D eigenvalue weighted by molar-refractivity contribution is 6.30. The van der Waals surface area contributed by atoms with Crippen LogP contribution in [0.2, 0.25) is 5.02 Å². The summed E-state index contributed by atoms with van der Waals surface area (Å²) < 4.78 is 19.1. The fourth-order valence-electron chi connectivity index (χ4n) is 2.31. The van der Waals surface area contributed by atoms with Gasteiger partial charge in [0.25, 0.3) is 5.88 Å². The predicted molar refractivity (Wildman–Crippen MR) is 102 cm³/mol. The number of benzene rings is 1. The molecule has 0 bridgehead atoms. The van der Waals surface area contributed by atoms with Crippen molar-refractivity contribution in [2.45, 2.75) is 18.9 Å². The van der Waals surface area contributed by atoms with Crippen LogP contribution in [0.4, 0.5) is 4.39 Å². The van der Waals surface area contributed by atoms with Gasteiger partial charge in [0.1, 0.15) is 5.75 Å². The number of aliphatic carboxylic acids is 1. The number of nitrogens with zero attached hydrogens (tertiary/aromatic N) is 4. The second-order valence-corrected chi connectivity index (χ2v) is 6.16. The third kappa shape index (κ3) is 5.62. The van der Waals surface area contributed by atoms with E-state index < -0.39 is 17.8 Å². The van der Waals surface area contributed by atoms with Crippen LogP contribution < -0.4 is 10.5 Å². The highest BCUT2D eigenvalue weighted by Gasteiger charge is 2.12. The van der Waals surface area contributed by atoms with Crippen LogP contribution in [0.15, 0.2) is 42.7 Å². The third-order valence-electron chi connectivity index (χ3n) is 3.50. The highest BCUT2D eigenvalue weighted by Crippen LogP contribution is 2.24. The van der Waals surface area contributed by atoms with Crippen molar-refractivity contribution in [1.82, 2.24) is 20.0 Å². The first kappa shape index (κ1) is 21.5. The van der Waals surface area contributed by atoms with Crippen LogP contribution in [0.5, 0.6) is 11.6 Å². The molecule has 0 radical (unpaired) electrons. The van der Waals surface area contributed by atoms with Crippen molar-refractivity contribution < 1.29 is 19.0 Å². The number of hydrogen-bond acceptors (Lipinski definition) is 6. The van der Waals surface area contributed by atoms with Gasteiger partial charge in [-0.2, -0.15) is 15.0 Å². The van der Waals surface area contributed by atoms with E-state index in [1.54, 1.807) is 24.3 Å². The van der Waals surface area contributed by atoms with E-state index in [0.29, 0.717) is 23.6 Å². The molecular weight excluding hydrogens is 412 g/mol. The lowest BCUT2D eigenvalue weighted by atomic mass is 10.1. The minimum Gasteiger partial charge on any atom is -0.481 e. The van der Waals surface area contributed by atoms with E-state index in [9.17, 15) is 9.18 Å². The van der Waals surface area contributed by atoms with Gasteiger partial charge in [0.2, 0.25) is 0 Å². The molecule has 8 nitrogen and oxygen atoms in total. The van der Waals surface area contributed by atoms with E-state index in [0.717, 1.165) is 6.07 Å². The Bertz CT molecular complexity index is 952. The lowest BCUT2D eigenvalue weighted by molar-refractivity contribution is -0.137.